The summed E-state index contributed by atoms with van der Waals surface area (Å²) in [6.45, 7) is 7.82. The van der Waals surface area contributed by atoms with Crippen molar-refractivity contribution in [3.05, 3.63) is 53.1 Å². The van der Waals surface area contributed by atoms with E-state index < -0.39 is 15.9 Å². The molecule has 30 heavy (non-hydrogen) atoms. The van der Waals surface area contributed by atoms with Crippen LogP contribution in [0.5, 0.6) is 0 Å². The minimum atomic E-state index is -3.38. The highest BCUT2D eigenvalue weighted by molar-refractivity contribution is 7.92. The van der Waals surface area contributed by atoms with Gasteiger partial charge in [0.2, 0.25) is 21.8 Å². The molecule has 0 aromatic heterocycles. The maximum absolute atomic E-state index is 12.8. The molecule has 1 aliphatic rings. The second kappa shape index (κ2) is 8.47. The molecule has 2 aromatic rings. The summed E-state index contributed by atoms with van der Waals surface area (Å²) in [5, 5.41) is 2.79. The third kappa shape index (κ3) is 4.64. The summed E-state index contributed by atoms with van der Waals surface area (Å²) in [7, 11) is -3.38. The standard InChI is InChI=1S/C22H27N3O4S/c1-5-30(28,29)24-20-9-7-17(12-16(20)4)23-21(26)19-10-11-25(22(19)27)18-8-6-14(2)15(3)13-18/h6-9,12-13,19,24H,5,10-11H2,1-4H3,(H,23,26). The molecule has 1 saturated heterocycles. The van der Waals surface area contributed by atoms with Gasteiger partial charge in [-0.3, -0.25) is 14.3 Å². The molecule has 0 spiro atoms. The average molecular weight is 430 g/mol. The molecule has 0 radical (unpaired) electrons. The number of carbonyl (C=O) groups is 2. The number of hydrogen-bond donors (Lipinski definition) is 2. The minimum Gasteiger partial charge on any atom is -0.325 e. The number of nitrogens with zero attached hydrogens (tertiary/aromatic N) is 1. The molecule has 0 bridgehead atoms. The van der Waals surface area contributed by atoms with Crippen LogP contribution in [0.15, 0.2) is 36.4 Å². The summed E-state index contributed by atoms with van der Waals surface area (Å²) in [6.07, 6.45) is 0.449. The number of anilines is 3. The number of amides is 2. The van der Waals surface area contributed by atoms with Crippen LogP contribution in [0.3, 0.4) is 0 Å². The highest BCUT2D eigenvalue weighted by Gasteiger charge is 2.37. The van der Waals surface area contributed by atoms with Gasteiger partial charge in [-0.05, 0) is 81.1 Å². The summed E-state index contributed by atoms with van der Waals surface area (Å²) in [5.41, 5.74) is 4.73. The first kappa shape index (κ1) is 21.8. The SMILES string of the molecule is CCS(=O)(=O)Nc1ccc(NC(=O)C2CCN(c3ccc(C)c(C)c3)C2=O)cc1C. The fraction of sp³-hybridized carbons (Fsp3) is 0.364. The molecule has 0 saturated carbocycles. The van der Waals surface area contributed by atoms with Crippen LogP contribution in [0.25, 0.3) is 0 Å². The Bertz CT molecular complexity index is 1100. The van der Waals surface area contributed by atoms with Crippen LogP contribution >= 0.6 is 0 Å². The van der Waals surface area contributed by atoms with Crippen LogP contribution in [-0.2, 0) is 19.6 Å². The lowest BCUT2D eigenvalue weighted by molar-refractivity contribution is -0.129. The van der Waals surface area contributed by atoms with Crippen molar-refractivity contribution in [2.45, 2.75) is 34.1 Å². The summed E-state index contributed by atoms with van der Waals surface area (Å²) >= 11 is 0. The van der Waals surface area contributed by atoms with E-state index in [1.807, 2.05) is 32.0 Å². The maximum Gasteiger partial charge on any atom is 0.239 e. The molecule has 160 valence electrons. The molecule has 1 heterocycles. The Morgan fingerprint density at radius 1 is 1.07 bits per heavy atom. The van der Waals surface area contributed by atoms with Crippen molar-refractivity contribution >= 4 is 38.9 Å². The topological polar surface area (TPSA) is 95.6 Å². The van der Waals surface area contributed by atoms with Crippen LogP contribution in [0, 0.1) is 26.7 Å². The molecule has 2 amide bonds. The van der Waals surface area contributed by atoms with Gasteiger partial charge < -0.3 is 10.2 Å². The van der Waals surface area contributed by atoms with Gasteiger partial charge in [-0.15, -0.1) is 0 Å². The van der Waals surface area contributed by atoms with Crippen LogP contribution in [0.4, 0.5) is 17.1 Å². The Morgan fingerprint density at radius 3 is 2.43 bits per heavy atom. The minimum absolute atomic E-state index is 0.0221. The smallest absolute Gasteiger partial charge is 0.239 e. The summed E-state index contributed by atoms with van der Waals surface area (Å²) in [5.74, 6) is -1.33. The summed E-state index contributed by atoms with van der Waals surface area (Å²) < 4.78 is 26.0. The zero-order valence-electron chi connectivity index (χ0n) is 17.7. The Kier molecular flexibility index (Phi) is 6.17. The van der Waals surface area contributed by atoms with Crippen molar-refractivity contribution in [1.82, 2.24) is 0 Å². The van der Waals surface area contributed by atoms with E-state index in [2.05, 4.69) is 10.0 Å². The molecule has 7 nitrogen and oxygen atoms in total. The Balaban J connectivity index is 1.70. The fourth-order valence-electron chi connectivity index (χ4n) is 3.40. The lowest BCUT2D eigenvalue weighted by atomic mass is 10.1. The predicted molar refractivity (Wildman–Crippen MR) is 119 cm³/mol. The summed E-state index contributed by atoms with van der Waals surface area (Å²) in [4.78, 5) is 27.2. The largest absolute Gasteiger partial charge is 0.325 e. The Hall–Kier alpha value is -2.87. The van der Waals surface area contributed by atoms with Gasteiger partial charge >= 0.3 is 0 Å². The number of rotatable bonds is 6. The normalized spacial score (nSPS) is 16.6. The van der Waals surface area contributed by atoms with E-state index in [0.29, 0.717) is 29.9 Å². The van der Waals surface area contributed by atoms with Gasteiger partial charge in [0.05, 0.1) is 11.4 Å². The van der Waals surface area contributed by atoms with Crippen LogP contribution < -0.4 is 14.9 Å². The average Bonchev–Trinajstić information content (AvgIpc) is 3.07. The zero-order valence-corrected chi connectivity index (χ0v) is 18.5. The molecule has 1 atom stereocenters. The quantitative estimate of drug-likeness (QED) is 0.688. The number of hydrogen-bond acceptors (Lipinski definition) is 4. The molecular formula is C22H27N3O4S. The number of benzene rings is 2. The predicted octanol–water partition coefficient (Wildman–Crippen LogP) is 3.37. The fourth-order valence-corrected chi connectivity index (χ4v) is 4.11. The van der Waals surface area contributed by atoms with E-state index in [-0.39, 0.29) is 17.6 Å². The van der Waals surface area contributed by atoms with Gasteiger partial charge in [0.15, 0.2) is 0 Å². The van der Waals surface area contributed by atoms with E-state index in [1.54, 1.807) is 36.9 Å². The van der Waals surface area contributed by atoms with Crippen molar-refractivity contribution in [1.29, 1.82) is 0 Å². The molecular weight excluding hydrogens is 402 g/mol. The lowest BCUT2D eigenvalue weighted by Crippen LogP contribution is -2.33. The molecule has 2 N–H and O–H groups in total. The number of aryl methyl sites for hydroxylation is 3. The van der Waals surface area contributed by atoms with Gasteiger partial charge in [-0.2, -0.15) is 0 Å². The van der Waals surface area contributed by atoms with Gasteiger partial charge in [0.25, 0.3) is 0 Å². The van der Waals surface area contributed by atoms with E-state index in [9.17, 15) is 18.0 Å². The van der Waals surface area contributed by atoms with Crippen molar-refractivity contribution in [2.24, 2.45) is 5.92 Å². The number of carbonyl (C=O) groups excluding carboxylic acids is 2. The molecule has 2 aromatic carbocycles. The third-order valence-electron chi connectivity index (χ3n) is 5.46. The van der Waals surface area contributed by atoms with Crippen molar-refractivity contribution in [3.8, 4) is 0 Å². The summed E-state index contributed by atoms with van der Waals surface area (Å²) in [6, 6.07) is 10.8. The van der Waals surface area contributed by atoms with Gasteiger partial charge in [0.1, 0.15) is 5.92 Å². The number of sulfonamides is 1. The Labute approximate surface area is 177 Å². The molecule has 8 heteroatoms. The zero-order chi connectivity index (χ0) is 22.1. The second-order valence-corrected chi connectivity index (χ2v) is 9.64. The van der Waals surface area contributed by atoms with E-state index >= 15 is 0 Å². The van der Waals surface area contributed by atoms with E-state index in [1.165, 1.54) is 0 Å². The van der Waals surface area contributed by atoms with Crippen LogP contribution in [0.2, 0.25) is 0 Å². The van der Waals surface area contributed by atoms with Gasteiger partial charge in [-0.25, -0.2) is 8.42 Å². The van der Waals surface area contributed by atoms with Crippen molar-refractivity contribution in [3.63, 3.8) is 0 Å². The molecule has 1 unspecified atom stereocenters. The molecule has 1 fully saturated rings. The highest BCUT2D eigenvalue weighted by Crippen LogP contribution is 2.28. The first-order valence-corrected chi connectivity index (χ1v) is 11.6. The van der Waals surface area contributed by atoms with Gasteiger partial charge in [-0.1, -0.05) is 6.07 Å². The first-order chi connectivity index (χ1) is 14.1. The molecule has 0 aliphatic carbocycles. The second-order valence-electron chi connectivity index (χ2n) is 7.62. The van der Waals surface area contributed by atoms with Gasteiger partial charge in [0, 0.05) is 17.9 Å². The monoisotopic (exact) mass is 429 g/mol. The third-order valence-corrected chi connectivity index (χ3v) is 6.75. The van der Waals surface area contributed by atoms with E-state index in [0.717, 1.165) is 16.8 Å². The molecule has 3 rings (SSSR count). The lowest BCUT2D eigenvalue weighted by Gasteiger charge is -2.18. The van der Waals surface area contributed by atoms with Crippen molar-refractivity contribution in [2.75, 3.05) is 27.2 Å². The molecule has 1 aliphatic heterocycles. The van der Waals surface area contributed by atoms with E-state index in [4.69, 9.17) is 0 Å². The maximum atomic E-state index is 12.8. The van der Waals surface area contributed by atoms with Crippen LogP contribution in [-0.4, -0.2) is 32.5 Å². The van der Waals surface area contributed by atoms with Crippen molar-refractivity contribution < 1.29 is 18.0 Å². The number of nitrogens with one attached hydrogen (secondary N) is 2. The Morgan fingerprint density at radius 2 is 1.80 bits per heavy atom. The first-order valence-electron chi connectivity index (χ1n) is 9.92. The van der Waals surface area contributed by atoms with Crippen LogP contribution in [0.1, 0.15) is 30.0 Å². The highest BCUT2D eigenvalue weighted by atomic mass is 32.2.